The van der Waals surface area contributed by atoms with Crippen LogP contribution < -0.4 is 15.4 Å². The molecule has 4 nitrogen and oxygen atoms in total. The third-order valence-electron chi connectivity index (χ3n) is 3.53. The molecule has 4 heteroatoms. The third kappa shape index (κ3) is 1.73. The molecule has 1 aliphatic heterocycles. The second-order valence-corrected chi connectivity index (χ2v) is 4.65. The van der Waals surface area contributed by atoms with Gasteiger partial charge in [-0.2, -0.15) is 0 Å². The fourth-order valence-corrected chi connectivity index (χ4v) is 2.49. The van der Waals surface area contributed by atoms with Gasteiger partial charge in [-0.15, -0.1) is 0 Å². The number of nitrogens with two attached hydrogens (primary N) is 1. The SMILES string of the molecule is COc1ccccc1N1C(N)=NCC1C1CC1. The molecule has 0 saturated heterocycles. The van der Waals surface area contributed by atoms with Crippen molar-refractivity contribution in [3.05, 3.63) is 24.3 Å². The summed E-state index contributed by atoms with van der Waals surface area (Å²) in [5.41, 5.74) is 7.04. The summed E-state index contributed by atoms with van der Waals surface area (Å²) in [4.78, 5) is 6.51. The molecule has 1 aliphatic carbocycles. The second kappa shape index (κ2) is 3.95. The number of aliphatic imine (C=N–C) groups is 1. The molecule has 1 heterocycles. The molecule has 1 aromatic carbocycles. The topological polar surface area (TPSA) is 50.9 Å². The zero-order valence-corrected chi connectivity index (χ0v) is 9.97. The summed E-state index contributed by atoms with van der Waals surface area (Å²) in [6.45, 7) is 0.814. The summed E-state index contributed by atoms with van der Waals surface area (Å²) < 4.78 is 5.40. The number of hydrogen-bond donors (Lipinski definition) is 1. The largest absolute Gasteiger partial charge is 0.495 e. The number of hydrogen-bond acceptors (Lipinski definition) is 4. The highest BCUT2D eigenvalue weighted by atomic mass is 16.5. The van der Waals surface area contributed by atoms with Crippen molar-refractivity contribution in [1.29, 1.82) is 0 Å². The fraction of sp³-hybridized carbons (Fsp3) is 0.462. The number of guanidine groups is 1. The maximum Gasteiger partial charge on any atom is 0.196 e. The molecule has 0 spiro atoms. The molecule has 0 bridgehead atoms. The van der Waals surface area contributed by atoms with Crippen LogP contribution in [0.15, 0.2) is 29.3 Å². The van der Waals surface area contributed by atoms with Crippen LogP contribution in [-0.4, -0.2) is 25.7 Å². The van der Waals surface area contributed by atoms with Crippen molar-refractivity contribution in [1.82, 2.24) is 0 Å². The van der Waals surface area contributed by atoms with Gasteiger partial charge in [0.25, 0.3) is 0 Å². The van der Waals surface area contributed by atoms with Gasteiger partial charge in [-0.3, -0.25) is 4.99 Å². The van der Waals surface area contributed by atoms with Crippen molar-refractivity contribution < 1.29 is 4.74 Å². The Bertz CT molecular complexity index is 454. The molecule has 0 aromatic heterocycles. The van der Waals surface area contributed by atoms with Crippen molar-refractivity contribution in [2.24, 2.45) is 16.6 Å². The van der Waals surface area contributed by atoms with Crippen LogP contribution in [0, 0.1) is 5.92 Å². The molecule has 1 unspecified atom stereocenters. The summed E-state index contributed by atoms with van der Waals surface area (Å²) in [5.74, 6) is 2.22. The fourth-order valence-electron chi connectivity index (χ4n) is 2.49. The highest BCUT2D eigenvalue weighted by molar-refractivity contribution is 5.98. The van der Waals surface area contributed by atoms with E-state index in [2.05, 4.69) is 9.89 Å². The zero-order chi connectivity index (χ0) is 11.8. The van der Waals surface area contributed by atoms with E-state index in [4.69, 9.17) is 10.5 Å². The summed E-state index contributed by atoms with van der Waals surface area (Å²) in [5, 5.41) is 0. The lowest BCUT2D eigenvalue weighted by molar-refractivity contribution is 0.414. The van der Waals surface area contributed by atoms with Gasteiger partial charge < -0.3 is 15.4 Å². The number of anilines is 1. The van der Waals surface area contributed by atoms with E-state index in [1.165, 1.54) is 12.8 Å². The van der Waals surface area contributed by atoms with Gasteiger partial charge in [-0.1, -0.05) is 12.1 Å². The van der Waals surface area contributed by atoms with Gasteiger partial charge in [0.15, 0.2) is 5.96 Å². The molecule has 0 amide bonds. The molecule has 1 fully saturated rings. The van der Waals surface area contributed by atoms with Crippen molar-refractivity contribution in [2.45, 2.75) is 18.9 Å². The molecule has 2 N–H and O–H groups in total. The quantitative estimate of drug-likeness (QED) is 0.859. The molecule has 3 rings (SSSR count). The van der Waals surface area contributed by atoms with Crippen LogP contribution in [0.1, 0.15) is 12.8 Å². The van der Waals surface area contributed by atoms with Gasteiger partial charge in [0, 0.05) is 0 Å². The predicted molar refractivity (Wildman–Crippen MR) is 68.5 cm³/mol. The van der Waals surface area contributed by atoms with E-state index >= 15 is 0 Å². The highest BCUT2D eigenvalue weighted by Gasteiger charge is 2.40. The number of rotatable bonds is 3. The number of para-hydroxylation sites is 2. The van der Waals surface area contributed by atoms with Crippen molar-refractivity contribution in [2.75, 3.05) is 18.6 Å². The van der Waals surface area contributed by atoms with Crippen LogP contribution >= 0.6 is 0 Å². The lowest BCUT2D eigenvalue weighted by Crippen LogP contribution is -2.42. The Morgan fingerprint density at radius 1 is 1.35 bits per heavy atom. The Hall–Kier alpha value is -1.71. The lowest BCUT2D eigenvalue weighted by Gasteiger charge is -2.27. The van der Waals surface area contributed by atoms with Gasteiger partial charge in [0.05, 0.1) is 25.4 Å². The monoisotopic (exact) mass is 231 g/mol. The minimum atomic E-state index is 0.422. The first-order valence-electron chi connectivity index (χ1n) is 6.03. The van der Waals surface area contributed by atoms with Gasteiger partial charge in [0.1, 0.15) is 5.75 Å². The maximum atomic E-state index is 6.01. The van der Waals surface area contributed by atoms with E-state index in [0.717, 1.165) is 23.9 Å². The molecule has 0 radical (unpaired) electrons. The molecule has 1 saturated carbocycles. The number of ether oxygens (including phenoxy) is 1. The summed E-state index contributed by atoms with van der Waals surface area (Å²) in [7, 11) is 1.69. The molecular weight excluding hydrogens is 214 g/mol. The summed E-state index contributed by atoms with van der Waals surface area (Å²) >= 11 is 0. The maximum absolute atomic E-state index is 6.01. The second-order valence-electron chi connectivity index (χ2n) is 4.65. The standard InChI is InChI=1S/C13H17N3O/c1-17-12-5-3-2-4-10(12)16-11(9-6-7-9)8-15-13(16)14/h2-5,9,11H,6-8H2,1H3,(H2,14,15). The first-order valence-corrected chi connectivity index (χ1v) is 6.03. The summed E-state index contributed by atoms with van der Waals surface area (Å²) in [6.07, 6.45) is 2.58. The van der Waals surface area contributed by atoms with E-state index in [1.807, 2.05) is 24.3 Å². The minimum Gasteiger partial charge on any atom is -0.495 e. The van der Waals surface area contributed by atoms with Crippen LogP contribution in [0.4, 0.5) is 5.69 Å². The third-order valence-corrected chi connectivity index (χ3v) is 3.53. The van der Waals surface area contributed by atoms with Crippen LogP contribution in [0.5, 0.6) is 5.75 Å². The first kappa shape index (κ1) is 10.4. The Kier molecular flexibility index (Phi) is 2.42. The molecule has 2 aliphatic rings. The van der Waals surface area contributed by atoms with E-state index in [-0.39, 0.29) is 0 Å². The molecular formula is C13H17N3O. The van der Waals surface area contributed by atoms with Crippen LogP contribution in [0.2, 0.25) is 0 Å². The van der Waals surface area contributed by atoms with Gasteiger partial charge in [0.2, 0.25) is 0 Å². The Morgan fingerprint density at radius 2 is 2.12 bits per heavy atom. The van der Waals surface area contributed by atoms with Gasteiger partial charge >= 0.3 is 0 Å². The predicted octanol–water partition coefficient (Wildman–Crippen LogP) is 1.61. The molecule has 90 valence electrons. The average Bonchev–Trinajstić information content (AvgIpc) is 3.13. The number of benzene rings is 1. The smallest absolute Gasteiger partial charge is 0.196 e. The normalized spacial score (nSPS) is 23.7. The summed E-state index contributed by atoms with van der Waals surface area (Å²) in [6, 6.07) is 8.41. The van der Waals surface area contributed by atoms with E-state index in [0.29, 0.717) is 12.0 Å². The van der Waals surface area contributed by atoms with Gasteiger partial charge in [-0.25, -0.2) is 0 Å². The van der Waals surface area contributed by atoms with Crippen LogP contribution in [-0.2, 0) is 0 Å². The number of nitrogens with zero attached hydrogens (tertiary/aromatic N) is 2. The zero-order valence-electron chi connectivity index (χ0n) is 9.97. The van der Waals surface area contributed by atoms with E-state index < -0.39 is 0 Å². The van der Waals surface area contributed by atoms with E-state index in [9.17, 15) is 0 Å². The van der Waals surface area contributed by atoms with Crippen molar-refractivity contribution >= 4 is 11.6 Å². The van der Waals surface area contributed by atoms with Crippen molar-refractivity contribution in [3.63, 3.8) is 0 Å². The molecule has 1 atom stereocenters. The Balaban J connectivity index is 1.97. The van der Waals surface area contributed by atoms with Crippen LogP contribution in [0.3, 0.4) is 0 Å². The average molecular weight is 231 g/mol. The minimum absolute atomic E-state index is 0.422. The Labute approximate surface area is 101 Å². The van der Waals surface area contributed by atoms with E-state index in [1.54, 1.807) is 7.11 Å². The highest BCUT2D eigenvalue weighted by Crippen LogP contribution is 2.41. The first-order chi connectivity index (χ1) is 8.31. The molecule has 1 aromatic rings. The molecule has 17 heavy (non-hydrogen) atoms. The Morgan fingerprint density at radius 3 is 2.82 bits per heavy atom. The number of methoxy groups -OCH3 is 1. The van der Waals surface area contributed by atoms with Crippen molar-refractivity contribution in [3.8, 4) is 5.75 Å². The van der Waals surface area contributed by atoms with Crippen LogP contribution in [0.25, 0.3) is 0 Å². The lowest BCUT2D eigenvalue weighted by atomic mass is 10.1. The van der Waals surface area contributed by atoms with Gasteiger partial charge in [-0.05, 0) is 30.9 Å².